The van der Waals surface area contributed by atoms with Gasteiger partial charge in [-0.3, -0.25) is 4.79 Å². The van der Waals surface area contributed by atoms with Crippen LogP contribution in [-0.4, -0.2) is 27.5 Å². The number of aromatic nitrogens is 2. The molecule has 6 heteroatoms. The number of hydrogen-bond donors (Lipinski definition) is 0. The van der Waals surface area contributed by atoms with Crippen LogP contribution in [0.25, 0.3) is 10.6 Å². The number of rotatable bonds is 5. The molecule has 0 N–H and O–H groups in total. The fourth-order valence-electron chi connectivity index (χ4n) is 2.60. The summed E-state index contributed by atoms with van der Waals surface area (Å²) in [4.78, 5) is 12.2. The molecule has 1 fully saturated rings. The third kappa shape index (κ3) is 4.54. The Labute approximate surface area is 144 Å². The molecule has 1 unspecified atom stereocenters. The van der Waals surface area contributed by atoms with E-state index in [9.17, 15) is 4.79 Å². The maximum absolute atomic E-state index is 12.2. The van der Waals surface area contributed by atoms with Crippen LogP contribution in [0.3, 0.4) is 0 Å². The molecule has 1 aliphatic carbocycles. The molecule has 1 heterocycles. The normalized spacial score (nSPS) is 16.9. The molecule has 0 bridgehead atoms. The monoisotopic (exact) mass is 348 g/mol. The number of benzene rings is 1. The van der Waals surface area contributed by atoms with Gasteiger partial charge in [0.2, 0.25) is 0 Å². The van der Waals surface area contributed by atoms with Crippen molar-refractivity contribution >= 4 is 29.1 Å². The first kappa shape index (κ1) is 16.5. The number of thioether (sulfide) groups is 1. The van der Waals surface area contributed by atoms with E-state index in [2.05, 4.69) is 10.2 Å². The zero-order chi connectivity index (χ0) is 16.1. The van der Waals surface area contributed by atoms with E-state index in [-0.39, 0.29) is 17.3 Å². The van der Waals surface area contributed by atoms with Crippen LogP contribution < -0.4 is 0 Å². The summed E-state index contributed by atoms with van der Waals surface area (Å²) in [7, 11) is 0. The third-order valence-electron chi connectivity index (χ3n) is 3.87. The Balaban J connectivity index is 1.56. The van der Waals surface area contributed by atoms with Gasteiger partial charge in [0.15, 0.2) is 4.34 Å². The second-order valence-corrected chi connectivity index (χ2v) is 8.26. The Kier molecular flexibility index (Phi) is 5.67. The number of carbonyl (C=O) groups is 1. The Morgan fingerprint density at radius 3 is 2.70 bits per heavy atom. The second-order valence-electron chi connectivity index (χ2n) is 5.70. The molecule has 3 rings (SSSR count). The van der Waals surface area contributed by atoms with Gasteiger partial charge in [-0.05, 0) is 32.6 Å². The van der Waals surface area contributed by atoms with Crippen molar-refractivity contribution in [3.8, 4) is 10.6 Å². The van der Waals surface area contributed by atoms with E-state index in [0.29, 0.717) is 0 Å². The van der Waals surface area contributed by atoms with Crippen molar-refractivity contribution in [3.05, 3.63) is 30.3 Å². The molecule has 1 saturated carbocycles. The molecule has 0 saturated heterocycles. The van der Waals surface area contributed by atoms with Gasteiger partial charge in [0, 0.05) is 5.56 Å². The van der Waals surface area contributed by atoms with Crippen LogP contribution in [0.4, 0.5) is 0 Å². The van der Waals surface area contributed by atoms with Crippen molar-refractivity contribution in [1.29, 1.82) is 0 Å². The lowest BCUT2D eigenvalue weighted by Crippen LogP contribution is -2.25. The smallest absolute Gasteiger partial charge is 0.319 e. The molecule has 1 atom stereocenters. The van der Waals surface area contributed by atoms with Crippen LogP contribution in [0.2, 0.25) is 0 Å². The van der Waals surface area contributed by atoms with Crippen molar-refractivity contribution < 1.29 is 9.53 Å². The SMILES string of the molecule is CC(Sc1nnc(-c2ccccc2)s1)C(=O)OC1CCCCC1. The lowest BCUT2D eigenvalue weighted by atomic mass is 9.98. The average Bonchev–Trinajstić information content (AvgIpc) is 3.05. The van der Waals surface area contributed by atoms with E-state index < -0.39 is 0 Å². The van der Waals surface area contributed by atoms with Crippen LogP contribution >= 0.6 is 23.1 Å². The molecule has 122 valence electrons. The van der Waals surface area contributed by atoms with E-state index in [1.807, 2.05) is 37.3 Å². The van der Waals surface area contributed by atoms with Crippen LogP contribution in [-0.2, 0) is 9.53 Å². The van der Waals surface area contributed by atoms with Gasteiger partial charge in [0.05, 0.1) is 0 Å². The highest BCUT2D eigenvalue weighted by atomic mass is 32.2. The Hall–Kier alpha value is -1.40. The molecular weight excluding hydrogens is 328 g/mol. The molecule has 1 aromatic heterocycles. The zero-order valence-electron chi connectivity index (χ0n) is 13.1. The van der Waals surface area contributed by atoms with Gasteiger partial charge in [0.1, 0.15) is 16.4 Å². The lowest BCUT2D eigenvalue weighted by molar-refractivity contribution is -0.149. The molecule has 2 aromatic rings. The summed E-state index contributed by atoms with van der Waals surface area (Å²) in [6, 6.07) is 9.95. The van der Waals surface area contributed by atoms with E-state index in [1.165, 1.54) is 29.5 Å². The van der Waals surface area contributed by atoms with Crippen molar-refractivity contribution in [3.63, 3.8) is 0 Å². The third-order valence-corrected chi connectivity index (χ3v) is 6.01. The molecule has 0 amide bonds. The van der Waals surface area contributed by atoms with E-state index in [4.69, 9.17) is 4.74 Å². The molecule has 4 nitrogen and oxygen atoms in total. The molecule has 0 radical (unpaired) electrons. The van der Waals surface area contributed by atoms with Gasteiger partial charge in [-0.2, -0.15) is 0 Å². The number of esters is 1. The lowest BCUT2D eigenvalue weighted by Gasteiger charge is -2.23. The maximum Gasteiger partial charge on any atom is 0.319 e. The number of hydrogen-bond acceptors (Lipinski definition) is 6. The standard InChI is InChI=1S/C17H20N2O2S2/c1-12(16(20)21-14-10-6-3-7-11-14)22-17-19-18-15(23-17)13-8-4-2-5-9-13/h2,4-5,8-9,12,14H,3,6-7,10-11H2,1H3. The Bertz CT molecular complexity index is 639. The van der Waals surface area contributed by atoms with Crippen LogP contribution in [0.5, 0.6) is 0 Å². The first-order chi connectivity index (χ1) is 11.2. The predicted octanol–water partition coefficient (Wildman–Crippen LogP) is 4.56. The van der Waals surface area contributed by atoms with Crippen molar-refractivity contribution in [1.82, 2.24) is 10.2 Å². The summed E-state index contributed by atoms with van der Waals surface area (Å²) in [5, 5.41) is 9.02. The summed E-state index contributed by atoms with van der Waals surface area (Å²) in [5.74, 6) is -0.140. The summed E-state index contributed by atoms with van der Waals surface area (Å²) in [6.07, 6.45) is 5.69. The molecule has 0 spiro atoms. The topological polar surface area (TPSA) is 52.1 Å². The minimum Gasteiger partial charge on any atom is -0.462 e. The number of nitrogens with zero attached hydrogens (tertiary/aromatic N) is 2. The molecule has 23 heavy (non-hydrogen) atoms. The Morgan fingerprint density at radius 1 is 1.22 bits per heavy atom. The summed E-state index contributed by atoms with van der Waals surface area (Å²) in [5.41, 5.74) is 1.05. The second kappa shape index (κ2) is 7.93. The highest BCUT2D eigenvalue weighted by molar-refractivity contribution is 8.02. The van der Waals surface area contributed by atoms with Gasteiger partial charge in [-0.25, -0.2) is 0 Å². The highest BCUT2D eigenvalue weighted by Gasteiger charge is 2.23. The molecule has 1 aliphatic rings. The van der Waals surface area contributed by atoms with E-state index in [0.717, 1.165) is 40.6 Å². The predicted molar refractivity (Wildman–Crippen MR) is 93.6 cm³/mol. The molecule has 0 aliphatic heterocycles. The van der Waals surface area contributed by atoms with E-state index in [1.54, 1.807) is 0 Å². The first-order valence-electron chi connectivity index (χ1n) is 7.98. The number of ether oxygens (including phenoxy) is 1. The van der Waals surface area contributed by atoms with Gasteiger partial charge in [-0.1, -0.05) is 59.9 Å². The largest absolute Gasteiger partial charge is 0.462 e. The van der Waals surface area contributed by atoms with Gasteiger partial charge in [-0.15, -0.1) is 10.2 Å². The zero-order valence-corrected chi connectivity index (χ0v) is 14.7. The maximum atomic E-state index is 12.2. The van der Waals surface area contributed by atoms with Gasteiger partial charge < -0.3 is 4.74 Å². The average molecular weight is 348 g/mol. The fourth-order valence-corrected chi connectivity index (χ4v) is 4.58. The minimum atomic E-state index is -0.256. The molecule has 1 aromatic carbocycles. The van der Waals surface area contributed by atoms with E-state index >= 15 is 0 Å². The minimum absolute atomic E-state index is 0.105. The van der Waals surface area contributed by atoms with Crippen LogP contribution in [0.15, 0.2) is 34.7 Å². The molecular formula is C17H20N2O2S2. The van der Waals surface area contributed by atoms with Crippen LogP contribution in [0.1, 0.15) is 39.0 Å². The summed E-state index contributed by atoms with van der Waals surface area (Å²) >= 11 is 2.94. The Morgan fingerprint density at radius 2 is 1.96 bits per heavy atom. The summed E-state index contributed by atoms with van der Waals surface area (Å²) < 4.78 is 6.42. The summed E-state index contributed by atoms with van der Waals surface area (Å²) in [6.45, 7) is 1.87. The first-order valence-corrected chi connectivity index (χ1v) is 9.68. The van der Waals surface area contributed by atoms with Crippen molar-refractivity contribution in [2.24, 2.45) is 0 Å². The van der Waals surface area contributed by atoms with Crippen molar-refractivity contribution in [2.45, 2.75) is 54.7 Å². The van der Waals surface area contributed by atoms with Gasteiger partial charge >= 0.3 is 5.97 Å². The number of carbonyl (C=O) groups excluding carboxylic acids is 1. The highest BCUT2D eigenvalue weighted by Crippen LogP contribution is 2.32. The van der Waals surface area contributed by atoms with Crippen molar-refractivity contribution in [2.75, 3.05) is 0 Å². The fraction of sp³-hybridized carbons (Fsp3) is 0.471. The van der Waals surface area contributed by atoms with Crippen LogP contribution in [0, 0.1) is 0 Å². The quantitative estimate of drug-likeness (QED) is 0.585. The van der Waals surface area contributed by atoms with Gasteiger partial charge in [0.25, 0.3) is 0 Å².